The number of benzene rings is 2. The minimum Gasteiger partial charge on any atom is -0.385 e. The highest BCUT2D eigenvalue weighted by Crippen LogP contribution is 2.13. The number of carbonyl (C=O) groups is 1. The largest absolute Gasteiger partial charge is 0.385 e. The Balaban J connectivity index is 1.84. The summed E-state index contributed by atoms with van der Waals surface area (Å²) in [6.45, 7) is 1.62. The number of hydrogen-bond acceptors (Lipinski definition) is 3. The van der Waals surface area contributed by atoms with E-state index in [1.54, 1.807) is 43.3 Å². The second kappa shape index (κ2) is 7.82. The van der Waals surface area contributed by atoms with Crippen molar-refractivity contribution >= 4 is 40.5 Å². The number of hydrogen-bond donors (Lipinski definition) is 1. The first-order valence-corrected chi connectivity index (χ1v) is 7.28. The van der Waals surface area contributed by atoms with Gasteiger partial charge in [-0.25, -0.2) is 0 Å². The van der Waals surface area contributed by atoms with E-state index in [1.807, 2.05) is 12.1 Å². The van der Waals surface area contributed by atoms with Crippen molar-refractivity contribution in [2.75, 3.05) is 11.9 Å². The molecule has 1 N–H and O–H groups in total. The molecular weight excluding hydrogens is 323 g/mol. The maximum absolute atomic E-state index is 11.7. The van der Waals surface area contributed by atoms with Crippen LogP contribution in [-0.4, -0.2) is 18.2 Å². The Morgan fingerprint density at radius 2 is 1.59 bits per heavy atom. The van der Waals surface area contributed by atoms with Crippen LogP contribution in [0, 0.1) is 0 Å². The molecule has 0 saturated heterocycles. The zero-order valence-electron chi connectivity index (χ0n) is 11.8. The third-order valence-corrected chi connectivity index (χ3v) is 3.29. The molecule has 0 heterocycles. The minimum absolute atomic E-state index is 0.173. The molecule has 2 rings (SSSR count). The Kier molecular flexibility index (Phi) is 5.81. The molecule has 4 nitrogen and oxygen atoms in total. The van der Waals surface area contributed by atoms with E-state index in [0.29, 0.717) is 21.4 Å². The molecule has 0 bridgehead atoms. The molecule has 0 radical (unpaired) electrons. The van der Waals surface area contributed by atoms with Gasteiger partial charge in [-0.05, 0) is 48.9 Å². The zero-order valence-corrected chi connectivity index (χ0v) is 13.4. The van der Waals surface area contributed by atoms with Crippen LogP contribution in [0.2, 0.25) is 10.0 Å². The third-order valence-electron chi connectivity index (χ3n) is 2.79. The van der Waals surface area contributed by atoms with Gasteiger partial charge in [0.1, 0.15) is 0 Å². The van der Waals surface area contributed by atoms with Gasteiger partial charge in [0.2, 0.25) is 0 Å². The smallest absolute Gasteiger partial charge is 0.265 e. The summed E-state index contributed by atoms with van der Waals surface area (Å²) in [5.41, 5.74) is 2.19. The fourth-order valence-electron chi connectivity index (χ4n) is 1.66. The molecule has 0 atom stereocenters. The van der Waals surface area contributed by atoms with Crippen molar-refractivity contribution in [1.29, 1.82) is 0 Å². The van der Waals surface area contributed by atoms with Gasteiger partial charge in [0.05, 0.1) is 5.71 Å². The molecule has 2 aromatic rings. The predicted molar refractivity (Wildman–Crippen MR) is 89.7 cm³/mol. The van der Waals surface area contributed by atoms with Gasteiger partial charge in [-0.15, -0.1) is 0 Å². The van der Waals surface area contributed by atoms with Crippen LogP contribution in [-0.2, 0) is 9.63 Å². The van der Waals surface area contributed by atoms with E-state index < -0.39 is 0 Å². The molecule has 2 aromatic carbocycles. The number of halogens is 2. The quantitative estimate of drug-likeness (QED) is 0.650. The lowest BCUT2D eigenvalue weighted by Crippen LogP contribution is -2.17. The first kappa shape index (κ1) is 16.3. The molecular formula is C16H14Cl2N2O2. The molecule has 6 heteroatoms. The minimum atomic E-state index is -0.296. The Morgan fingerprint density at radius 3 is 2.18 bits per heavy atom. The number of amides is 1. The SMILES string of the molecule is C/C(=N\OCC(=O)Nc1ccc(Cl)cc1)c1ccc(Cl)cc1. The molecule has 0 aliphatic rings. The van der Waals surface area contributed by atoms with E-state index in [-0.39, 0.29) is 12.5 Å². The van der Waals surface area contributed by atoms with E-state index in [0.717, 1.165) is 5.56 Å². The summed E-state index contributed by atoms with van der Waals surface area (Å²) < 4.78 is 0. The van der Waals surface area contributed by atoms with Gasteiger partial charge >= 0.3 is 0 Å². The number of nitrogens with one attached hydrogen (secondary N) is 1. The van der Waals surface area contributed by atoms with Gasteiger partial charge in [0.15, 0.2) is 6.61 Å². The van der Waals surface area contributed by atoms with Crippen LogP contribution in [0.15, 0.2) is 53.7 Å². The van der Waals surface area contributed by atoms with E-state index in [4.69, 9.17) is 28.0 Å². The second-order valence-corrected chi connectivity index (χ2v) is 5.38. The summed E-state index contributed by atoms with van der Waals surface area (Å²) in [5.74, 6) is -0.296. The molecule has 1 amide bonds. The average molecular weight is 337 g/mol. The first-order valence-electron chi connectivity index (χ1n) is 6.52. The molecule has 0 aliphatic carbocycles. The Hall–Kier alpha value is -2.04. The standard InChI is InChI=1S/C16H14Cl2N2O2/c1-11(12-2-4-13(17)5-3-12)20-22-10-16(21)19-15-8-6-14(18)7-9-15/h2-9H,10H2,1H3,(H,19,21)/b20-11+. The molecule has 0 saturated carbocycles. The second-order valence-electron chi connectivity index (χ2n) is 4.51. The molecule has 0 unspecified atom stereocenters. The van der Waals surface area contributed by atoms with Crippen LogP contribution in [0.25, 0.3) is 0 Å². The lowest BCUT2D eigenvalue weighted by Gasteiger charge is -2.05. The summed E-state index contributed by atoms with van der Waals surface area (Å²) in [7, 11) is 0. The van der Waals surface area contributed by atoms with Crippen LogP contribution < -0.4 is 5.32 Å². The van der Waals surface area contributed by atoms with Crippen molar-refractivity contribution in [3.05, 3.63) is 64.1 Å². The van der Waals surface area contributed by atoms with E-state index in [1.165, 1.54) is 0 Å². The van der Waals surface area contributed by atoms with Crippen LogP contribution in [0.1, 0.15) is 12.5 Å². The monoisotopic (exact) mass is 336 g/mol. The van der Waals surface area contributed by atoms with Crippen molar-refractivity contribution in [3.8, 4) is 0 Å². The first-order chi connectivity index (χ1) is 10.5. The van der Waals surface area contributed by atoms with Gasteiger partial charge in [-0.1, -0.05) is 40.5 Å². The summed E-state index contributed by atoms with van der Waals surface area (Å²) in [5, 5.41) is 7.85. The summed E-state index contributed by atoms with van der Waals surface area (Å²) in [6, 6.07) is 14.0. The van der Waals surface area contributed by atoms with Crippen molar-refractivity contribution in [2.45, 2.75) is 6.92 Å². The number of anilines is 1. The fraction of sp³-hybridized carbons (Fsp3) is 0.125. The van der Waals surface area contributed by atoms with E-state index in [9.17, 15) is 4.79 Å². The predicted octanol–water partition coefficient (Wildman–Crippen LogP) is 4.37. The highest BCUT2D eigenvalue weighted by atomic mass is 35.5. The van der Waals surface area contributed by atoms with Gasteiger partial charge in [-0.2, -0.15) is 0 Å². The topological polar surface area (TPSA) is 50.7 Å². The van der Waals surface area contributed by atoms with Crippen LogP contribution in [0.4, 0.5) is 5.69 Å². The molecule has 114 valence electrons. The molecule has 0 aliphatic heterocycles. The maximum Gasteiger partial charge on any atom is 0.265 e. The van der Waals surface area contributed by atoms with Gasteiger partial charge in [0.25, 0.3) is 5.91 Å². The Morgan fingerprint density at radius 1 is 1.05 bits per heavy atom. The van der Waals surface area contributed by atoms with Crippen molar-refractivity contribution in [2.24, 2.45) is 5.16 Å². The number of oxime groups is 1. The number of carbonyl (C=O) groups excluding carboxylic acids is 1. The average Bonchev–Trinajstić information content (AvgIpc) is 2.50. The highest BCUT2D eigenvalue weighted by Gasteiger charge is 2.03. The lowest BCUT2D eigenvalue weighted by molar-refractivity contribution is -0.120. The van der Waals surface area contributed by atoms with E-state index >= 15 is 0 Å². The Labute approximate surface area is 138 Å². The van der Waals surface area contributed by atoms with Crippen molar-refractivity contribution < 1.29 is 9.63 Å². The normalized spacial score (nSPS) is 11.1. The third kappa shape index (κ3) is 5.06. The molecule has 22 heavy (non-hydrogen) atoms. The van der Waals surface area contributed by atoms with Crippen molar-refractivity contribution in [3.63, 3.8) is 0 Å². The van der Waals surface area contributed by atoms with Gasteiger partial charge in [-0.3, -0.25) is 4.79 Å². The summed E-state index contributed by atoms with van der Waals surface area (Å²) in [6.07, 6.45) is 0. The van der Waals surface area contributed by atoms with E-state index in [2.05, 4.69) is 10.5 Å². The molecule has 0 spiro atoms. The summed E-state index contributed by atoms with van der Waals surface area (Å²) >= 11 is 11.6. The van der Waals surface area contributed by atoms with Crippen LogP contribution in [0.5, 0.6) is 0 Å². The number of rotatable bonds is 5. The zero-order chi connectivity index (χ0) is 15.9. The highest BCUT2D eigenvalue weighted by molar-refractivity contribution is 6.31. The fourth-order valence-corrected chi connectivity index (χ4v) is 1.91. The molecule has 0 fully saturated rings. The summed E-state index contributed by atoms with van der Waals surface area (Å²) in [4.78, 5) is 16.8. The van der Waals surface area contributed by atoms with Crippen molar-refractivity contribution in [1.82, 2.24) is 0 Å². The Bertz CT molecular complexity index is 668. The van der Waals surface area contributed by atoms with Crippen LogP contribution in [0.3, 0.4) is 0 Å². The maximum atomic E-state index is 11.7. The molecule has 0 aromatic heterocycles. The lowest BCUT2D eigenvalue weighted by atomic mass is 10.1. The van der Waals surface area contributed by atoms with Gasteiger partial charge < -0.3 is 10.2 Å². The van der Waals surface area contributed by atoms with Crippen LogP contribution >= 0.6 is 23.2 Å². The van der Waals surface area contributed by atoms with Gasteiger partial charge in [0, 0.05) is 15.7 Å². The number of nitrogens with zero attached hydrogens (tertiary/aromatic N) is 1.